The molecule has 0 aromatic heterocycles. The first-order valence-electron chi connectivity index (χ1n) is 6.93. The summed E-state index contributed by atoms with van der Waals surface area (Å²) >= 11 is 5.92. The second kappa shape index (κ2) is 8.03. The zero-order valence-electron chi connectivity index (χ0n) is 13.2. The lowest BCUT2D eigenvalue weighted by atomic mass is 10.1. The van der Waals surface area contributed by atoms with Gasteiger partial charge in [-0.05, 0) is 12.1 Å². The number of amides is 1. The molecule has 134 valence electrons. The summed E-state index contributed by atoms with van der Waals surface area (Å²) in [6, 6.07) is 7.27. The summed E-state index contributed by atoms with van der Waals surface area (Å²) in [5.74, 6) is -0.639. The van der Waals surface area contributed by atoms with Crippen molar-refractivity contribution in [1.82, 2.24) is 5.43 Å². The second-order valence-corrected chi connectivity index (χ2v) is 5.21. The summed E-state index contributed by atoms with van der Waals surface area (Å²) in [6.07, 6.45) is 1.12. The van der Waals surface area contributed by atoms with Crippen molar-refractivity contribution in [1.29, 1.82) is 0 Å². The van der Waals surface area contributed by atoms with Gasteiger partial charge >= 0.3 is 0 Å². The van der Waals surface area contributed by atoms with E-state index in [9.17, 15) is 25.0 Å². The van der Waals surface area contributed by atoms with Crippen LogP contribution < -0.4 is 10.2 Å². The molecule has 0 aliphatic rings. The predicted molar refractivity (Wildman–Crippen MR) is 92.8 cm³/mol. The Morgan fingerprint density at radius 1 is 1.15 bits per heavy atom. The van der Waals surface area contributed by atoms with Crippen molar-refractivity contribution < 1.29 is 19.4 Å². The van der Waals surface area contributed by atoms with Crippen LogP contribution in [0.2, 0.25) is 5.02 Å². The van der Waals surface area contributed by atoms with Gasteiger partial charge in [-0.1, -0.05) is 11.6 Å². The van der Waals surface area contributed by atoms with E-state index in [1.807, 2.05) is 0 Å². The number of benzene rings is 2. The molecule has 1 N–H and O–H groups in total. The average Bonchev–Trinajstić information content (AvgIpc) is 2.62. The number of carbonyl (C=O) groups is 1. The summed E-state index contributed by atoms with van der Waals surface area (Å²) in [5.41, 5.74) is 1.80. The van der Waals surface area contributed by atoms with Crippen molar-refractivity contribution in [3.63, 3.8) is 0 Å². The van der Waals surface area contributed by atoms with Crippen LogP contribution in [-0.4, -0.2) is 29.1 Å². The van der Waals surface area contributed by atoms with Crippen LogP contribution in [0.25, 0.3) is 0 Å². The molecule has 0 unspecified atom stereocenters. The van der Waals surface area contributed by atoms with E-state index >= 15 is 0 Å². The Kier molecular flexibility index (Phi) is 5.81. The number of hydrogen-bond acceptors (Lipinski definition) is 7. The Bertz CT molecular complexity index is 915. The van der Waals surface area contributed by atoms with Gasteiger partial charge in [0.15, 0.2) is 0 Å². The van der Waals surface area contributed by atoms with Gasteiger partial charge in [0.25, 0.3) is 17.3 Å². The van der Waals surface area contributed by atoms with Crippen LogP contribution >= 0.6 is 11.6 Å². The van der Waals surface area contributed by atoms with Gasteiger partial charge in [-0.2, -0.15) is 5.10 Å². The molecule has 0 atom stereocenters. The third-order valence-electron chi connectivity index (χ3n) is 3.20. The maximum Gasteiger partial charge on any atom is 0.275 e. The molecule has 0 aliphatic heterocycles. The maximum absolute atomic E-state index is 12.2. The molecule has 2 aromatic carbocycles. The fourth-order valence-electron chi connectivity index (χ4n) is 1.95. The fourth-order valence-corrected chi connectivity index (χ4v) is 2.12. The Morgan fingerprint density at radius 3 is 2.38 bits per heavy atom. The zero-order valence-corrected chi connectivity index (χ0v) is 14.0. The molecular weight excluding hydrogens is 368 g/mol. The van der Waals surface area contributed by atoms with Crippen LogP contribution in [0.4, 0.5) is 11.4 Å². The van der Waals surface area contributed by atoms with Crippen LogP contribution in [0.1, 0.15) is 15.9 Å². The molecule has 0 spiro atoms. The number of nitrogens with one attached hydrogen (secondary N) is 1. The summed E-state index contributed by atoms with van der Waals surface area (Å²) in [5, 5.41) is 25.5. The fraction of sp³-hybridized carbons (Fsp3) is 0.0667. The van der Waals surface area contributed by atoms with E-state index in [2.05, 4.69) is 10.5 Å². The minimum absolute atomic E-state index is 0.0935. The minimum Gasteiger partial charge on any atom is -0.496 e. The lowest BCUT2D eigenvalue weighted by molar-refractivity contribution is -0.385. The zero-order chi connectivity index (χ0) is 19.3. The summed E-state index contributed by atoms with van der Waals surface area (Å²) in [6.45, 7) is 0. The molecule has 0 fully saturated rings. The van der Waals surface area contributed by atoms with E-state index in [0.29, 0.717) is 0 Å². The van der Waals surface area contributed by atoms with E-state index in [0.717, 1.165) is 12.3 Å². The molecular formula is C15H11ClN4O6. The number of rotatable bonds is 6. The molecule has 0 aliphatic carbocycles. The van der Waals surface area contributed by atoms with E-state index in [4.69, 9.17) is 16.3 Å². The smallest absolute Gasteiger partial charge is 0.275 e. The number of nitrogens with zero attached hydrogens (tertiary/aromatic N) is 3. The quantitative estimate of drug-likeness (QED) is 0.466. The molecule has 0 saturated carbocycles. The molecule has 11 heteroatoms. The lowest BCUT2D eigenvalue weighted by Crippen LogP contribution is -2.18. The Balaban J connectivity index is 2.22. The molecule has 0 bridgehead atoms. The standard InChI is InChI=1S/C15H11ClN4O6/c1-26-14-5-3-11(20(24)25)7-12(14)15(21)18-17-8-9-6-10(19(22)23)2-4-13(9)16/h2-8H,1H3,(H,18,21)/b17-8-. The van der Waals surface area contributed by atoms with E-state index in [1.54, 1.807) is 0 Å². The van der Waals surface area contributed by atoms with Gasteiger partial charge in [-0.25, -0.2) is 5.43 Å². The lowest BCUT2D eigenvalue weighted by Gasteiger charge is -2.06. The van der Waals surface area contributed by atoms with Crippen molar-refractivity contribution in [2.45, 2.75) is 0 Å². The monoisotopic (exact) mass is 378 g/mol. The van der Waals surface area contributed by atoms with Crippen molar-refractivity contribution >= 4 is 35.1 Å². The normalized spacial score (nSPS) is 10.5. The number of halogens is 1. The second-order valence-electron chi connectivity index (χ2n) is 4.80. The number of methoxy groups -OCH3 is 1. The number of hydrogen-bond donors (Lipinski definition) is 1. The SMILES string of the molecule is COc1ccc([N+](=O)[O-])cc1C(=O)N/N=C\c1cc([N+](=O)[O-])ccc1Cl. The third kappa shape index (κ3) is 4.30. The Labute approximate surface area is 151 Å². The van der Waals surface area contributed by atoms with Crippen LogP contribution in [0.5, 0.6) is 5.75 Å². The topological polar surface area (TPSA) is 137 Å². The number of nitro groups is 2. The largest absolute Gasteiger partial charge is 0.496 e. The molecule has 0 heterocycles. The highest BCUT2D eigenvalue weighted by Crippen LogP contribution is 2.24. The molecule has 0 radical (unpaired) electrons. The summed E-state index contributed by atoms with van der Waals surface area (Å²) < 4.78 is 5.00. The maximum atomic E-state index is 12.2. The third-order valence-corrected chi connectivity index (χ3v) is 3.54. The van der Waals surface area contributed by atoms with Gasteiger partial charge in [0.1, 0.15) is 5.75 Å². The van der Waals surface area contributed by atoms with Crippen molar-refractivity contribution in [3.05, 3.63) is 72.8 Å². The minimum atomic E-state index is -0.761. The Hall–Kier alpha value is -3.53. The van der Waals surface area contributed by atoms with Gasteiger partial charge in [0.2, 0.25) is 0 Å². The number of nitro benzene ring substituents is 2. The first-order valence-corrected chi connectivity index (χ1v) is 7.31. The number of ether oxygens (including phenoxy) is 1. The summed E-state index contributed by atoms with van der Waals surface area (Å²) in [4.78, 5) is 32.5. The van der Waals surface area contributed by atoms with Gasteiger partial charge < -0.3 is 4.74 Å². The van der Waals surface area contributed by atoms with Crippen molar-refractivity contribution in [3.8, 4) is 5.75 Å². The van der Waals surface area contributed by atoms with Gasteiger partial charge in [0.05, 0.1) is 28.7 Å². The first-order chi connectivity index (χ1) is 12.3. The molecule has 2 aromatic rings. The highest BCUT2D eigenvalue weighted by atomic mass is 35.5. The van der Waals surface area contributed by atoms with Gasteiger partial charge in [0, 0.05) is 34.9 Å². The molecule has 1 amide bonds. The molecule has 26 heavy (non-hydrogen) atoms. The summed E-state index contributed by atoms with van der Waals surface area (Å²) in [7, 11) is 1.31. The van der Waals surface area contributed by atoms with Gasteiger partial charge in [-0.3, -0.25) is 25.0 Å². The predicted octanol–water partition coefficient (Wildman–Crippen LogP) is 2.93. The van der Waals surface area contributed by atoms with Crippen LogP contribution in [0, 0.1) is 20.2 Å². The van der Waals surface area contributed by atoms with Crippen LogP contribution in [-0.2, 0) is 0 Å². The van der Waals surface area contributed by atoms with E-state index in [-0.39, 0.29) is 33.3 Å². The van der Waals surface area contributed by atoms with E-state index < -0.39 is 15.8 Å². The highest BCUT2D eigenvalue weighted by Gasteiger charge is 2.17. The van der Waals surface area contributed by atoms with Crippen molar-refractivity contribution in [2.75, 3.05) is 7.11 Å². The van der Waals surface area contributed by atoms with Crippen molar-refractivity contribution in [2.24, 2.45) is 5.10 Å². The van der Waals surface area contributed by atoms with Crippen LogP contribution in [0.15, 0.2) is 41.5 Å². The number of non-ortho nitro benzene ring substituents is 2. The average molecular weight is 379 g/mol. The number of carbonyl (C=O) groups excluding carboxylic acids is 1. The molecule has 0 saturated heterocycles. The number of hydrazone groups is 1. The molecule has 2 rings (SSSR count). The highest BCUT2D eigenvalue weighted by molar-refractivity contribution is 6.33. The molecule has 10 nitrogen and oxygen atoms in total. The first kappa shape index (κ1) is 18.8. The Morgan fingerprint density at radius 2 is 1.77 bits per heavy atom. The van der Waals surface area contributed by atoms with Gasteiger partial charge in [-0.15, -0.1) is 0 Å². The van der Waals surface area contributed by atoms with Crippen LogP contribution in [0.3, 0.4) is 0 Å². The van der Waals surface area contributed by atoms with E-state index in [1.165, 1.54) is 37.4 Å².